The van der Waals surface area contributed by atoms with Crippen molar-refractivity contribution in [2.24, 2.45) is 0 Å². The van der Waals surface area contributed by atoms with Crippen molar-refractivity contribution in [3.05, 3.63) is 51.2 Å². The van der Waals surface area contributed by atoms with Crippen LogP contribution in [0.2, 0.25) is 4.34 Å². The van der Waals surface area contributed by atoms with Gasteiger partial charge in [-0.15, -0.1) is 11.3 Å². The third-order valence-corrected chi connectivity index (χ3v) is 7.58. The van der Waals surface area contributed by atoms with Crippen molar-refractivity contribution in [2.45, 2.75) is 31.2 Å². The van der Waals surface area contributed by atoms with E-state index in [-0.39, 0.29) is 10.8 Å². The molecule has 1 aliphatic rings. The van der Waals surface area contributed by atoms with E-state index < -0.39 is 10.0 Å². The van der Waals surface area contributed by atoms with E-state index in [4.69, 9.17) is 11.6 Å². The largest absolute Gasteiger partial charge is 0.334 e. The quantitative estimate of drug-likeness (QED) is 0.724. The minimum atomic E-state index is -3.46. The summed E-state index contributed by atoms with van der Waals surface area (Å²) >= 11 is 7.40. The Hall–Kier alpha value is -1.41. The third-order valence-electron chi connectivity index (χ3n) is 4.45. The van der Waals surface area contributed by atoms with Gasteiger partial charge < -0.3 is 4.90 Å². The van der Waals surface area contributed by atoms with Crippen LogP contribution in [0.15, 0.2) is 41.3 Å². The number of sulfonamides is 1. The molecule has 0 spiro atoms. The average Bonchev–Trinajstić information content (AvgIpc) is 3.31. The lowest BCUT2D eigenvalue weighted by Gasteiger charge is -2.20. The maximum atomic E-state index is 12.7. The van der Waals surface area contributed by atoms with Gasteiger partial charge in [0.05, 0.1) is 15.8 Å². The number of benzene rings is 1. The standard InChI is InChI=1S/C18H21ClN2O3S2/c1-2-20(13-15-7-10-17(19)25-15)18(22)14-5-8-16(9-6-14)26(23,24)21-11-3-4-12-21/h5-10H,2-4,11-13H2,1H3. The second kappa shape index (κ2) is 8.08. The number of nitrogens with zero attached hydrogens (tertiary/aromatic N) is 2. The van der Waals surface area contributed by atoms with E-state index in [1.165, 1.54) is 27.8 Å². The van der Waals surface area contributed by atoms with Gasteiger partial charge in [0.2, 0.25) is 10.0 Å². The SMILES string of the molecule is CCN(Cc1ccc(Cl)s1)C(=O)c1ccc(S(=O)(=O)N2CCCC2)cc1. The molecule has 0 aliphatic carbocycles. The number of halogens is 1. The third kappa shape index (κ3) is 4.11. The van der Waals surface area contributed by atoms with E-state index in [0.29, 0.717) is 36.1 Å². The number of hydrogen-bond donors (Lipinski definition) is 0. The molecule has 0 saturated carbocycles. The summed E-state index contributed by atoms with van der Waals surface area (Å²) in [6.45, 7) is 4.09. The highest BCUT2D eigenvalue weighted by Crippen LogP contribution is 2.24. The van der Waals surface area contributed by atoms with Gasteiger partial charge in [-0.1, -0.05) is 11.6 Å². The zero-order chi connectivity index (χ0) is 18.7. The maximum Gasteiger partial charge on any atom is 0.254 e. The second-order valence-corrected chi connectivity index (χ2v) is 9.90. The van der Waals surface area contributed by atoms with Gasteiger partial charge in [-0.05, 0) is 56.2 Å². The van der Waals surface area contributed by atoms with E-state index >= 15 is 0 Å². The molecule has 2 aromatic rings. The Morgan fingerprint density at radius 1 is 1.15 bits per heavy atom. The van der Waals surface area contributed by atoms with Crippen LogP contribution in [0.1, 0.15) is 35.0 Å². The summed E-state index contributed by atoms with van der Waals surface area (Å²) in [5.74, 6) is -0.123. The Morgan fingerprint density at radius 2 is 1.81 bits per heavy atom. The second-order valence-electron chi connectivity index (χ2n) is 6.16. The van der Waals surface area contributed by atoms with E-state index in [9.17, 15) is 13.2 Å². The molecule has 2 heterocycles. The van der Waals surface area contributed by atoms with Gasteiger partial charge in [0.15, 0.2) is 0 Å². The summed E-state index contributed by atoms with van der Waals surface area (Å²) in [4.78, 5) is 15.7. The number of carbonyl (C=O) groups is 1. The molecule has 8 heteroatoms. The average molecular weight is 413 g/mol. The molecular formula is C18H21ClN2O3S2. The first-order valence-corrected chi connectivity index (χ1v) is 11.2. The summed E-state index contributed by atoms with van der Waals surface area (Å²) in [6.07, 6.45) is 1.79. The lowest BCUT2D eigenvalue weighted by molar-refractivity contribution is 0.0754. The van der Waals surface area contributed by atoms with Crippen molar-refractivity contribution in [3.8, 4) is 0 Å². The normalized spacial score (nSPS) is 15.3. The number of amides is 1. The molecule has 1 aromatic heterocycles. The zero-order valence-corrected chi connectivity index (χ0v) is 16.9. The molecule has 3 rings (SSSR count). The Labute approximate surface area is 163 Å². The van der Waals surface area contributed by atoms with Crippen LogP contribution in [0.5, 0.6) is 0 Å². The molecular weight excluding hydrogens is 392 g/mol. The molecule has 0 N–H and O–H groups in total. The fourth-order valence-electron chi connectivity index (χ4n) is 2.98. The molecule has 26 heavy (non-hydrogen) atoms. The number of hydrogen-bond acceptors (Lipinski definition) is 4. The zero-order valence-electron chi connectivity index (χ0n) is 14.5. The van der Waals surface area contributed by atoms with Gasteiger partial charge in [-0.3, -0.25) is 4.79 Å². The molecule has 1 amide bonds. The van der Waals surface area contributed by atoms with Crippen LogP contribution in [-0.2, 0) is 16.6 Å². The fraction of sp³-hybridized carbons (Fsp3) is 0.389. The Bertz CT molecular complexity index is 872. The fourth-order valence-corrected chi connectivity index (χ4v) is 5.60. The van der Waals surface area contributed by atoms with Gasteiger partial charge >= 0.3 is 0 Å². The van der Waals surface area contributed by atoms with Gasteiger partial charge in [0, 0.05) is 30.1 Å². The van der Waals surface area contributed by atoms with Crippen LogP contribution in [0.3, 0.4) is 0 Å². The molecule has 0 radical (unpaired) electrons. The smallest absolute Gasteiger partial charge is 0.254 e. The summed E-state index contributed by atoms with van der Waals surface area (Å²) in [5, 5.41) is 0. The number of thiophene rings is 1. The lowest BCUT2D eigenvalue weighted by atomic mass is 10.2. The van der Waals surface area contributed by atoms with Gasteiger partial charge in [0.1, 0.15) is 0 Å². The minimum Gasteiger partial charge on any atom is -0.334 e. The topological polar surface area (TPSA) is 57.7 Å². The predicted octanol–water partition coefficient (Wildman–Crippen LogP) is 3.85. The van der Waals surface area contributed by atoms with E-state index in [1.54, 1.807) is 17.0 Å². The van der Waals surface area contributed by atoms with Gasteiger partial charge in [0.25, 0.3) is 5.91 Å². The number of carbonyl (C=O) groups excluding carboxylic acids is 1. The molecule has 0 atom stereocenters. The minimum absolute atomic E-state index is 0.123. The molecule has 1 aromatic carbocycles. The molecule has 0 unspecified atom stereocenters. The van der Waals surface area contributed by atoms with Crippen LogP contribution in [-0.4, -0.2) is 43.2 Å². The van der Waals surface area contributed by atoms with E-state index in [1.807, 2.05) is 19.1 Å². The molecule has 1 aliphatic heterocycles. The molecule has 1 saturated heterocycles. The lowest BCUT2D eigenvalue weighted by Crippen LogP contribution is -2.30. The van der Waals surface area contributed by atoms with E-state index in [2.05, 4.69) is 0 Å². The van der Waals surface area contributed by atoms with Crippen molar-refractivity contribution >= 4 is 38.9 Å². The maximum absolute atomic E-state index is 12.7. The molecule has 5 nitrogen and oxygen atoms in total. The van der Waals surface area contributed by atoms with Crippen LogP contribution in [0, 0.1) is 0 Å². The van der Waals surface area contributed by atoms with Crippen LogP contribution < -0.4 is 0 Å². The summed E-state index contributed by atoms with van der Waals surface area (Å²) in [7, 11) is -3.46. The highest BCUT2D eigenvalue weighted by Gasteiger charge is 2.27. The summed E-state index contributed by atoms with van der Waals surface area (Å²) < 4.78 is 27.3. The first-order chi connectivity index (χ1) is 12.4. The predicted molar refractivity (Wildman–Crippen MR) is 104 cm³/mol. The Morgan fingerprint density at radius 3 is 2.35 bits per heavy atom. The van der Waals surface area contributed by atoms with Crippen LogP contribution in [0.4, 0.5) is 0 Å². The van der Waals surface area contributed by atoms with Gasteiger partial charge in [-0.2, -0.15) is 4.31 Å². The van der Waals surface area contributed by atoms with Crippen LogP contribution in [0.25, 0.3) is 0 Å². The van der Waals surface area contributed by atoms with Crippen molar-refractivity contribution in [1.82, 2.24) is 9.21 Å². The highest BCUT2D eigenvalue weighted by molar-refractivity contribution is 7.89. The molecule has 0 bridgehead atoms. The Balaban J connectivity index is 1.75. The van der Waals surface area contributed by atoms with Crippen molar-refractivity contribution in [2.75, 3.05) is 19.6 Å². The summed E-state index contributed by atoms with van der Waals surface area (Å²) in [5.41, 5.74) is 0.481. The van der Waals surface area contributed by atoms with Crippen LogP contribution >= 0.6 is 22.9 Å². The number of rotatable bonds is 6. The van der Waals surface area contributed by atoms with Crippen molar-refractivity contribution < 1.29 is 13.2 Å². The molecule has 140 valence electrons. The highest BCUT2D eigenvalue weighted by atomic mass is 35.5. The first kappa shape index (κ1) is 19.4. The van der Waals surface area contributed by atoms with Gasteiger partial charge in [-0.25, -0.2) is 8.42 Å². The van der Waals surface area contributed by atoms with Crippen molar-refractivity contribution in [1.29, 1.82) is 0 Å². The first-order valence-electron chi connectivity index (χ1n) is 8.55. The Kier molecular flexibility index (Phi) is 6.02. The monoisotopic (exact) mass is 412 g/mol. The van der Waals surface area contributed by atoms with Crippen molar-refractivity contribution in [3.63, 3.8) is 0 Å². The molecule has 1 fully saturated rings. The summed E-state index contributed by atoms with van der Waals surface area (Å²) in [6, 6.07) is 9.96. The van der Waals surface area contributed by atoms with E-state index in [0.717, 1.165) is 17.7 Å².